The number of aliphatic hydroxyl groups is 1. The van der Waals surface area contributed by atoms with Crippen molar-refractivity contribution >= 4 is 50.2 Å². The molecule has 1 unspecified atom stereocenters. The van der Waals surface area contributed by atoms with Crippen molar-refractivity contribution in [1.29, 1.82) is 0 Å². The SMILES string of the molecule is OC(c1cscn1)c1cc(Br)c(Cl)s1. The molecule has 0 bridgehead atoms. The zero-order chi connectivity index (χ0) is 10.1. The molecule has 2 heterocycles. The summed E-state index contributed by atoms with van der Waals surface area (Å²) in [6, 6.07) is 1.82. The van der Waals surface area contributed by atoms with Gasteiger partial charge in [-0.05, 0) is 22.0 Å². The largest absolute Gasteiger partial charge is 0.381 e. The minimum atomic E-state index is -0.671. The molecule has 1 N–H and O–H groups in total. The Labute approximate surface area is 102 Å². The lowest BCUT2D eigenvalue weighted by atomic mass is 10.2. The van der Waals surface area contributed by atoms with Gasteiger partial charge in [0, 0.05) is 14.7 Å². The van der Waals surface area contributed by atoms with E-state index in [0.29, 0.717) is 10.0 Å². The van der Waals surface area contributed by atoms with Crippen LogP contribution in [-0.4, -0.2) is 10.1 Å². The molecule has 0 saturated heterocycles. The minimum absolute atomic E-state index is 0.647. The third-order valence-corrected chi connectivity index (χ3v) is 4.80. The summed E-state index contributed by atoms with van der Waals surface area (Å²) in [4.78, 5) is 4.85. The predicted octanol–water partition coefficient (Wildman–Crippen LogP) is 3.70. The fourth-order valence-electron chi connectivity index (χ4n) is 1.00. The van der Waals surface area contributed by atoms with E-state index >= 15 is 0 Å². The van der Waals surface area contributed by atoms with Gasteiger partial charge < -0.3 is 5.11 Å². The Kier molecular flexibility index (Phi) is 3.23. The van der Waals surface area contributed by atoms with Crippen LogP contribution in [0, 0.1) is 0 Å². The van der Waals surface area contributed by atoms with Gasteiger partial charge in [-0.15, -0.1) is 22.7 Å². The maximum Gasteiger partial charge on any atom is 0.131 e. The summed E-state index contributed by atoms with van der Waals surface area (Å²) >= 11 is 12.0. The van der Waals surface area contributed by atoms with Crippen LogP contribution in [0.1, 0.15) is 16.7 Å². The Bertz CT molecular complexity index is 409. The van der Waals surface area contributed by atoms with E-state index in [1.165, 1.54) is 22.7 Å². The summed E-state index contributed by atoms with van der Waals surface area (Å²) < 4.78 is 1.46. The fourth-order valence-corrected chi connectivity index (χ4v) is 3.31. The van der Waals surface area contributed by atoms with Crippen molar-refractivity contribution in [2.45, 2.75) is 6.10 Å². The molecule has 14 heavy (non-hydrogen) atoms. The third-order valence-electron chi connectivity index (χ3n) is 1.67. The van der Waals surface area contributed by atoms with E-state index < -0.39 is 6.10 Å². The standard InChI is InChI=1S/C8H5BrClNOS2/c9-4-1-6(14-8(4)10)7(12)5-2-13-3-11-5/h1-3,7,12H. The normalized spacial score (nSPS) is 13.1. The van der Waals surface area contributed by atoms with E-state index in [4.69, 9.17) is 11.6 Å². The van der Waals surface area contributed by atoms with Crippen molar-refractivity contribution in [2.75, 3.05) is 0 Å². The molecule has 2 rings (SSSR count). The molecule has 74 valence electrons. The highest BCUT2D eigenvalue weighted by Crippen LogP contribution is 2.37. The highest BCUT2D eigenvalue weighted by molar-refractivity contribution is 9.10. The molecule has 0 amide bonds. The number of thiazole rings is 1. The first-order valence-corrected chi connectivity index (χ1v) is 6.62. The molecule has 0 saturated carbocycles. The number of hydrogen-bond acceptors (Lipinski definition) is 4. The molecule has 0 spiro atoms. The third kappa shape index (κ3) is 2.01. The van der Waals surface area contributed by atoms with Gasteiger partial charge in [0.15, 0.2) is 0 Å². The number of rotatable bonds is 2. The minimum Gasteiger partial charge on any atom is -0.381 e. The van der Waals surface area contributed by atoms with Crippen molar-refractivity contribution < 1.29 is 5.11 Å². The van der Waals surface area contributed by atoms with E-state index in [1.807, 2.05) is 11.4 Å². The zero-order valence-corrected chi connectivity index (χ0v) is 10.8. The van der Waals surface area contributed by atoms with Crippen molar-refractivity contribution in [3.05, 3.63) is 36.3 Å². The monoisotopic (exact) mass is 309 g/mol. The maximum absolute atomic E-state index is 9.89. The molecule has 6 heteroatoms. The van der Waals surface area contributed by atoms with Gasteiger partial charge in [0.2, 0.25) is 0 Å². The highest BCUT2D eigenvalue weighted by Gasteiger charge is 2.16. The molecule has 2 aromatic heterocycles. The second-order valence-corrected chi connectivity index (χ2v) is 5.85. The number of thiophene rings is 1. The average Bonchev–Trinajstić information content (AvgIpc) is 2.76. The van der Waals surface area contributed by atoms with E-state index in [9.17, 15) is 5.11 Å². The summed E-state index contributed by atoms with van der Waals surface area (Å²) in [7, 11) is 0. The van der Waals surface area contributed by atoms with E-state index in [1.54, 1.807) is 5.51 Å². The van der Waals surface area contributed by atoms with Gasteiger partial charge in [-0.25, -0.2) is 4.98 Å². The topological polar surface area (TPSA) is 33.1 Å². The molecule has 0 aliphatic rings. The Morgan fingerprint density at radius 1 is 1.57 bits per heavy atom. The lowest BCUT2D eigenvalue weighted by Crippen LogP contribution is -1.96. The number of aromatic nitrogens is 1. The van der Waals surface area contributed by atoms with Gasteiger partial charge in [0.05, 0.1) is 11.2 Å². The molecule has 1 atom stereocenters. The Hall–Kier alpha value is 0.0600. The summed E-state index contributed by atoms with van der Waals surface area (Å²) in [5.41, 5.74) is 2.36. The molecule has 0 aliphatic heterocycles. The second kappa shape index (κ2) is 4.28. The van der Waals surface area contributed by atoms with Crippen LogP contribution in [0.3, 0.4) is 0 Å². The molecular formula is C8H5BrClNOS2. The van der Waals surface area contributed by atoms with Crippen LogP contribution in [0.5, 0.6) is 0 Å². The molecule has 2 nitrogen and oxygen atoms in total. The van der Waals surface area contributed by atoms with Crippen molar-refractivity contribution in [1.82, 2.24) is 4.98 Å². The van der Waals surface area contributed by atoms with E-state index in [-0.39, 0.29) is 0 Å². The fraction of sp³-hybridized carbons (Fsp3) is 0.125. The van der Waals surface area contributed by atoms with Crippen molar-refractivity contribution in [3.63, 3.8) is 0 Å². The average molecular weight is 311 g/mol. The van der Waals surface area contributed by atoms with Gasteiger partial charge in [-0.3, -0.25) is 0 Å². The van der Waals surface area contributed by atoms with Gasteiger partial charge in [-0.2, -0.15) is 0 Å². The van der Waals surface area contributed by atoms with Gasteiger partial charge >= 0.3 is 0 Å². The molecule has 0 aromatic carbocycles. The Morgan fingerprint density at radius 3 is 2.86 bits per heavy atom. The summed E-state index contributed by atoms with van der Waals surface area (Å²) in [5.74, 6) is 0. The predicted molar refractivity (Wildman–Crippen MR) is 63.2 cm³/mol. The van der Waals surface area contributed by atoms with E-state index in [0.717, 1.165) is 9.35 Å². The first-order chi connectivity index (χ1) is 6.68. The van der Waals surface area contributed by atoms with Crippen LogP contribution in [0.25, 0.3) is 0 Å². The van der Waals surface area contributed by atoms with E-state index in [2.05, 4.69) is 20.9 Å². The quantitative estimate of drug-likeness (QED) is 0.917. The van der Waals surface area contributed by atoms with Crippen LogP contribution in [0.2, 0.25) is 4.34 Å². The summed E-state index contributed by atoms with van der Waals surface area (Å²) in [6.07, 6.45) is -0.671. The highest BCUT2D eigenvalue weighted by atomic mass is 79.9. The van der Waals surface area contributed by atoms with Crippen LogP contribution in [0.4, 0.5) is 0 Å². The number of hydrogen-bond donors (Lipinski definition) is 1. The first-order valence-electron chi connectivity index (χ1n) is 3.69. The molecular weight excluding hydrogens is 306 g/mol. The van der Waals surface area contributed by atoms with Gasteiger partial charge in [-0.1, -0.05) is 11.6 Å². The molecule has 0 fully saturated rings. The van der Waals surface area contributed by atoms with Crippen LogP contribution in [0.15, 0.2) is 21.4 Å². The second-order valence-electron chi connectivity index (χ2n) is 2.59. The lowest BCUT2D eigenvalue weighted by molar-refractivity contribution is 0.220. The molecule has 0 radical (unpaired) electrons. The van der Waals surface area contributed by atoms with Gasteiger partial charge in [0.1, 0.15) is 10.4 Å². The summed E-state index contributed by atoms with van der Waals surface area (Å²) in [6.45, 7) is 0. The smallest absolute Gasteiger partial charge is 0.131 e. The van der Waals surface area contributed by atoms with Crippen molar-refractivity contribution in [2.24, 2.45) is 0 Å². The number of aliphatic hydroxyl groups excluding tert-OH is 1. The van der Waals surface area contributed by atoms with Crippen LogP contribution < -0.4 is 0 Å². The van der Waals surface area contributed by atoms with Crippen LogP contribution in [-0.2, 0) is 0 Å². The Balaban J connectivity index is 2.32. The lowest BCUT2D eigenvalue weighted by Gasteiger charge is -2.03. The molecule has 2 aromatic rings. The maximum atomic E-state index is 9.89. The van der Waals surface area contributed by atoms with Gasteiger partial charge in [0.25, 0.3) is 0 Å². The zero-order valence-electron chi connectivity index (χ0n) is 6.78. The van der Waals surface area contributed by atoms with Crippen LogP contribution >= 0.6 is 50.2 Å². The summed E-state index contributed by atoms with van der Waals surface area (Å²) in [5, 5.41) is 11.7. The van der Waals surface area contributed by atoms with Crippen molar-refractivity contribution in [3.8, 4) is 0 Å². The first kappa shape index (κ1) is 10.6. The Morgan fingerprint density at radius 2 is 2.36 bits per heavy atom. The number of halogens is 2. The molecule has 0 aliphatic carbocycles. The number of nitrogens with zero attached hydrogens (tertiary/aromatic N) is 1.